The van der Waals surface area contributed by atoms with Gasteiger partial charge in [-0.25, -0.2) is 0 Å². The molecule has 0 bridgehead atoms. The molecule has 0 aliphatic heterocycles. The molecule has 0 fully saturated rings. The topological polar surface area (TPSA) is 30.1 Å². The minimum atomic E-state index is -0.0156. The fourth-order valence-electron chi connectivity index (χ4n) is 5.67. The van der Waals surface area contributed by atoms with Crippen LogP contribution in [0.5, 0.6) is 0 Å². The number of benzene rings is 5. The van der Waals surface area contributed by atoms with E-state index in [0.29, 0.717) is 0 Å². The predicted molar refractivity (Wildman–Crippen MR) is 157 cm³/mol. The summed E-state index contributed by atoms with van der Waals surface area (Å²) in [6.45, 7) is 6.81. The summed E-state index contributed by atoms with van der Waals surface area (Å²) in [5.41, 5.74) is 8.83. The van der Waals surface area contributed by atoms with Crippen LogP contribution < -0.4 is 5.32 Å². The fraction of sp³-hybridized carbons (Fsp3) is 0.118. The quantitative estimate of drug-likeness (QED) is 0.273. The summed E-state index contributed by atoms with van der Waals surface area (Å²) in [5, 5.41) is 8.51. The van der Waals surface area contributed by atoms with Crippen LogP contribution in [0.15, 0.2) is 114 Å². The number of nitrogens with one attached hydrogen (secondary N) is 1. The first-order chi connectivity index (χ1) is 18.0. The molecule has 3 heteroatoms. The fourth-order valence-corrected chi connectivity index (χ4v) is 5.67. The van der Waals surface area contributed by atoms with Crippen molar-refractivity contribution in [3.63, 3.8) is 0 Å². The molecule has 1 N–H and O–H groups in total. The normalized spacial score (nSPS) is 12.2. The van der Waals surface area contributed by atoms with Gasteiger partial charge in [-0.2, -0.15) is 0 Å². The number of anilines is 2. The van der Waals surface area contributed by atoms with Crippen LogP contribution in [0.4, 0.5) is 11.4 Å². The Morgan fingerprint density at radius 3 is 2.16 bits per heavy atom. The lowest BCUT2D eigenvalue weighted by Crippen LogP contribution is -2.21. The zero-order chi connectivity index (χ0) is 25.1. The molecule has 0 aliphatic rings. The van der Waals surface area contributed by atoms with Gasteiger partial charge in [0.05, 0.1) is 0 Å². The molecule has 0 atom stereocenters. The summed E-state index contributed by atoms with van der Waals surface area (Å²) in [6, 6.07) is 38.6. The molecule has 180 valence electrons. The molecule has 7 aromatic rings. The van der Waals surface area contributed by atoms with E-state index in [1.807, 2.05) is 18.2 Å². The van der Waals surface area contributed by atoms with Crippen LogP contribution in [0, 0.1) is 0 Å². The van der Waals surface area contributed by atoms with Gasteiger partial charge in [-0.1, -0.05) is 60.7 Å². The average molecular weight is 481 g/mol. The van der Waals surface area contributed by atoms with Gasteiger partial charge in [0.2, 0.25) is 0 Å². The molecule has 5 aromatic carbocycles. The van der Waals surface area contributed by atoms with Crippen molar-refractivity contribution in [2.24, 2.45) is 0 Å². The van der Waals surface area contributed by atoms with Gasteiger partial charge >= 0.3 is 0 Å². The Kier molecular flexibility index (Phi) is 4.71. The Balaban J connectivity index is 1.35. The van der Waals surface area contributed by atoms with Crippen molar-refractivity contribution in [1.82, 2.24) is 4.57 Å². The number of hydrogen-bond donors (Lipinski definition) is 1. The third kappa shape index (κ3) is 3.50. The molecular weight excluding hydrogens is 452 g/mol. The first kappa shape index (κ1) is 21.8. The largest absolute Gasteiger partial charge is 0.456 e. The Bertz CT molecular complexity index is 1950. The van der Waals surface area contributed by atoms with Gasteiger partial charge < -0.3 is 14.3 Å². The third-order valence-electron chi connectivity index (χ3n) is 7.24. The summed E-state index contributed by atoms with van der Waals surface area (Å²) in [4.78, 5) is 0. The molecule has 0 unspecified atom stereocenters. The van der Waals surface area contributed by atoms with Gasteiger partial charge in [0.15, 0.2) is 0 Å². The second-order valence-electron chi connectivity index (χ2n) is 10.7. The van der Waals surface area contributed by atoms with Crippen LogP contribution in [0.2, 0.25) is 0 Å². The minimum absolute atomic E-state index is 0.0156. The maximum Gasteiger partial charge on any atom is 0.135 e. The lowest BCUT2D eigenvalue weighted by Gasteiger charge is -2.24. The highest BCUT2D eigenvalue weighted by Gasteiger charge is 2.21. The molecule has 0 saturated heterocycles. The molecule has 3 nitrogen and oxygen atoms in total. The monoisotopic (exact) mass is 480 g/mol. The number of para-hydroxylation sites is 3. The second-order valence-corrected chi connectivity index (χ2v) is 10.7. The van der Waals surface area contributed by atoms with Crippen LogP contribution in [-0.2, 0) is 5.54 Å². The summed E-state index contributed by atoms with van der Waals surface area (Å²) >= 11 is 0. The zero-order valence-electron chi connectivity index (χ0n) is 21.2. The molecule has 0 spiro atoms. The summed E-state index contributed by atoms with van der Waals surface area (Å²) in [6.07, 6.45) is 0. The molecular formula is C34H28N2O. The summed E-state index contributed by atoms with van der Waals surface area (Å²) in [5.74, 6) is 0. The van der Waals surface area contributed by atoms with E-state index in [1.54, 1.807) is 0 Å². The van der Waals surface area contributed by atoms with E-state index in [4.69, 9.17) is 4.42 Å². The van der Waals surface area contributed by atoms with E-state index in [2.05, 4.69) is 122 Å². The average Bonchev–Trinajstić information content (AvgIpc) is 3.44. The van der Waals surface area contributed by atoms with Gasteiger partial charge in [0, 0.05) is 55.1 Å². The number of aromatic nitrogens is 1. The smallest absolute Gasteiger partial charge is 0.135 e. The summed E-state index contributed by atoms with van der Waals surface area (Å²) in [7, 11) is 0. The first-order valence-corrected chi connectivity index (χ1v) is 12.8. The SMILES string of the molecule is CC(C)(C)n1c2ccccc2c2cc(-c3ccccc3Nc3ccc4oc5ccccc5c4c3)ccc21. The number of furan rings is 1. The van der Waals surface area contributed by atoms with Crippen LogP contribution in [0.1, 0.15) is 20.8 Å². The standard InChI is InChI=1S/C34H28N2O/c1-34(2,3)36-30-14-8-5-11-25(30)27-20-22(16-18-31(27)36)24-10-4-7-13-29(24)35-23-17-19-33-28(21-23)26-12-6-9-15-32(26)37-33/h4-21,35H,1-3H3. The third-order valence-corrected chi connectivity index (χ3v) is 7.24. The van der Waals surface area contributed by atoms with Gasteiger partial charge in [-0.3, -0.25) is 0 Å². The van der Waals surface area contributed by atoms with Crippen molar-refractivity contribution in [3.8, 4) is 11.1 Å². The van der Waals surface area contributed by atoms with Crippen molar-refractivity contribution in [2.45, 2.75) is 26.3 Å². The van der Waals surface area contributed by atoms with E-state index < -0.39 is 0 Å². The Hall–Kier alpha value is -4.50. The molecule has 0 amide bonds. The van der Waals surface area contributed by atoms with Crippen molar-refractivity contribution in [1.29, 1.82) is 0 Å². The van der Waals surface area contributed by atoms with Gasteiger partial charge in [-0.05, 0) is 74.9 Å². The van der Waals surface area contributed by atoms with Gasteiger partial charge in [-0.15, -0.1) is 0 Å². The van der Waals surface area contributed by atoms with Crippen molar-refractivity contribution in [2.75, 3.05) is 5.32 Å². The maximum atomic E-state index is 6.02. The number of nitrogens with zero attached hydrogens (tertiary/aromatic N) is 1. The Morgan fingerprint density at radius 2 is 1.30 bits per heavy atom. The minimum Gasteiger partial charge on any atom is -0.456 e. The highest BCUT2D eigenvalue weighted by Crippen LogP contribution is 2.39. The number of hydrogen-bond acceptors (Lipinski definition) is 2. The number of rotatable bonds is 3. The van der Waals surface area contributed by atoms with E-state index in [1.165, 1.54) is 32.9 Å². The maximum absolute atomic E-state index is 6.02. The van der Waals surface area contributed by atoms with E-state index in [9.17, 15) is 0 Å². The van der Waals surface area contributed by atoms with Crippen LogP contribution in [-0.4, -0.2) is 4.57 Å². The molecule has 0 radical (unpaired) electrons. The zero-order valence-corrected chi connectivity index (χ0v) is 21.2. The molecule has 2 aromatic heterocycles. The van der Waals surface area contributed by atoms with Gasteiger partial charge in [0.25, 0.3) is 0 Å². The highest BCUT2D eigenvalue weighted by atomic mass is 16.3. The molecule has 37 heavy (non-hydrogen) atoms. The molecule has 7 rings (SSSR count). The van der Waals surface area contributed by atoms with Crippen molar-refractivity contribution in [3.05, 3.63) is 109 Å². The lowest BCUT2D eigenvalue weighted by molar-refractivity contribution is 0.423. The molecule has 0 aliphatic carbocycles. The number of fused-ring (bicyclic) bond motifs is 6. The van der Waals surface area contributed by atoms with Crippen molar-refractivity contribution >= 4 is 55.1 Å². The first-order valence-electron chi connectivity index (χ1n) is 12.8. The van der Waals surface area contributed by atoms with Crippen LogP contribution in [0.3, 0.4) is 0 Å². The van der Waals surface area contributed by atoms with E-state index in [-0.39, 0.29) is 5.54 Å². The highest BCUT2D eigenvalue weighted by molar-refractivity contribution is 6.10. The van der Waals surface area contributed by atoms with Crippen molar-refractivity contribution < 1.29 is 4.42 Å². The predicted octanol–water partition coefficient (Wildman–Crippen LogP) is 9.86. The second kappa shape index (κ2) is 8.01. The van der Waals surface area contributed by atoms with E-state index in [0.717, 1.165) is 33.3 Å². The summed E-state index contributed by atoms with van der Waals surface area (Å²) < 4.78 is 8.48. The van der Waals surface area contributed by atoms with Crippen LogP contribution >= 0.6 is 0 Å². The lowest BCUT2D eigenvalue weighted by atomic mass is 10.0. The van der Waals surface area contributed by atoms with Crippen LogP contribution in [0.25, 0.3) is 54.9 Å². The molecule has 2 heterocycles. The Morgan fingerprint density at radius 1 is 0.595 bits per heavy atom. The van der Waals surface area contributed by atoms with Gasteiger partial charge in [0.1, 0.15) is 11.2 Å². The van der Waals surface area contributed by atoms with E-state index >= 15 is 0 Å². The molecule has 0 saturated carbocycles. The Labute approximate surface area is 215 Å².